The molecule has 0 aromatic carbocycles. The van der Waals surface area contributed by atoms with Crippen molar-refractivity contribution in [1.29, 1.82) is 0 Å². The summed E-state index contributed by atoms with van der Waals surface area (Å²) < 4.78 is 85.8. The van der Waals surface area contributed by atoms with Crippen molar-refractivity contribution in [1.82, 2.24) is 0 Å². The van der Waals surface area contributed by atoms with E-state index in [0.29, 0.717) is 6.92 Å². The molecule has 0 aliphatic rings. The Labute approximate surface area is 84.7 Å². The highest BCUT2D eigenvalue weighted by molar-refractivity contribution is 5.87. The third-order valence-electron chi connectivity index (χ3n) is 1.31. The molecule has 0 heterocycles. The van der Waals surface area contributed by atoms with Gasteiger partial charge in [0.15, 0.2) is 0 Å². The van der Waals surface area contributed by atoms with Crippen molar-refractivity contribution in [3.05, 3.63) is 11.9 Å². The maximum absolute atomic E-state index is 11.8. The molecular weight excluding hydrogens is 249 g/mol. The Morgan fingerprint density at radius 3 is 1.75 bits per heavy atom. The number of esters is 1. The molecule has 9 heteroatoms. The van der Waals surface area contributed by atoms with Crippen molar-refractivity contribution < 1.29 is 40.3 Å². The van der Waals surface area contributed by atoms with Crippen LogP contribution in [-0.2, 0) is 9.53 Å². The summed E-state index contributed by atoms with van der Waals surface area (Å²) in [6.07, 6.45) is -16.3. The zero-order valence-electron chi connectivity index (χ0n) is 7.62. The van der Waals surface area contributed by atoms with E-state index in [0.717, 1.165) is 0 Å². The van der Waals surface area contributed by atoms with E-state index in [1.807, 2.05) is 0 Å². The molecule has 0 radical (unpaired) electrons. The van der Waals surface area contributed by atoms with Crippen molar-refractivity contribution in [3.8, 4) is 0 Å². The van der Waals surface area contributed by atoms with Crippen LogP contribution in [0.1, 0.15) is 6.92 Å². The normalized spacial score (nSPS) is 14.2. The Kier molecular flexibility index (Phi) is 4.33. The smallest absolute Gasteiger partial charge is 0.434 e. The van der Waals surface area contributed by atoms with Gasteiger partial charge in [-0.3, -0.25) is 0 Å². The van der Waals surface area contributed by atoms with Gasteiger partial charge in [-0.2, -0.15) is 26.3 Å². The van der Waals surface area contributed by atoms with Crippen LogP contribution in [0, 0.1) is 0 Å². The minimum Gasteiger partial charge on any atom is -0.439 e. The van der Waals surface area contributed by atoms with Gasteiger partial charge in [-0.1, -0.05) is 0 Å². The summed E-state index contributed by atoms with van der Waals surface area (Å²) in [7, 11) is 0. The van der Waals surface area contributed by atoms with Crippen LogP contribution in [0.4, 0.5) is 30.7 Å². The average molecular weight is 254 g/mol. The van der Waals surface area contributed by atoms with Gasteiger partial charge in [-0.05, 0) is 6.92 Å². The SMILES string of the molecule is C/C(=C\F)C(=O)OC(C(F)(F)F)C(F)(F)F. The molecule has 0 unspecified atom stereocenters. The Balaban J connectivity index is 4.92. The summed E-state index contributed by atoms with van der Waals surface area (Å²) in [5.41, 5.74) is -1.00. The highest BCUT2D eigenvalue weighted by atomic mass is 19.4. The van der Waals surface area contributed by atoms with E-state index >= 15 is 0 Å². The van der Waals surface area contributed by atoms with Gasteiger partial charge < -0.3 is 4.74 Å². The maximum Gasteiger partial charge on any atom is 0.434 e. The second-order valence-electron chi connectivity index (χ2n) is 2.66. The molecule has 0 bridgehead atoms. The first-order valence-corrected chi connectivity index (χ1v) is 3.61. The van der Waals surface area contributed by atoms with Crippen LogP contribution < -0.4 is 0 Å². The number of rotatable bonds is 2. The maximum atomic E-state index is 11.8. The molecular formula is C7H5F7O2. The van der Waals surface area contributed by atoms with E-state index in [1.165, 1.54) is 0 Å². The lowest BCUT2D eigenvalue weighted by Crippen LogP contribution is -2.45. The monoisotopic (exact) mass is 254 g/mol. The summed E-state index contributed by atoms with van der Waals surface area (Å²) in [6, 6.07) is 0. The highest BCUT2D eigenvalue weighted by Crippen LogP contribution is 2.36. The molecule has 0 amide bonds. The first kappa shape index (κ1) is 14.7. The third kappa shape index (κ3) is 4.07. The van der Waals surface area contributed by atoms with Gasteiger partial charge in [-0.25, -0.2) is 9.18 Å². The summed E-state index contributed by atoms with van der Waals surface area (Å²) in [4.78, 5) is 10.5. The summed E-state index contributed by atoms with van der Waals surface area (Å²) in [5.74, 6) is -2.03. The second-order valence-corrected chi connectivity index (χ2v) is 2.66. The third-order valence-corrected chi connectivity index (χ3v) is 1.31. The number of halogens is 7. The molecule has 2 nitrogen and oxygen atoms in total. The Hall–Kier alpha value is -1.28. The zero-order valence-corrected chi connectivity index (χ0v) is 7.62. The Morgan fingerprint density at radius 1 is 1.12 bits per heavy atom. The molecule has 0 aromatic rings. The number of carbonyl (C=O) groups is 1. The number of ether oxygens (including phenoxy) is 1. The van der Waals surface area contributed by atoms with Gasteiger partial charge in [0.1, 0.15) is 0 Å². The standard InChI is InChI=1S/C7H5F7O2/c1-3(2-8)4(15)16-5(6(9,10)11)7(12,13)14/h2,5H,1H3/b3-2+. The summed E-state index contributed by atoms with van der Waals surface area (Å²) in [6.45, 7) is 0.673. The molecule has 16 heavy (non-hydrogen) atoms. The fourth-order valence-corrected chi connectivity index (χ4v) is 0.564. The number of hydrogen-bond donors (Lipinski definition) is 0. The minimum absolute atomic E-state index is 0.452. The topological polar surface area (TPSA) is 26.3 Å². The lowest BCUT2D eigenvalue weighted by atomic mass is 10.3. The fourth-order valence-electron chi connectivity index (χ4n) is 0.564. The van der Waals surface area contributed by atoms with Crippen molar-refractivity contribution in [2.45, 2.75) is 25.4 Å². The molecule has 0 aliphatic heterocycles. The van der Waals surface area contributed by atoms with Crippen LogP contribution in [0.25, 0.3) is 0 Å². The molecule has 0 aliphatic carbocycles. The van der Waals surface area contributed by atoms with Gasteiger partial charge >= 0.3 is 18.3 Å². The van der Waals surface area contributed by atoms with Gasteiger partial charge in [0, 0.05) is 0 Å². The van der Waals surface area contributed by atoms with Gasteiger partial charge in [0.05, 0.1) is 11.9 Å². The molecule has 0 spiro atoms. The number of hydrogen-bond acceptors (Lipinski definition) is 2. The predicted octanol–water partition coefficient (Wildman–Crippen LogP) is 2.90. The van der Waals surface area contributed by atoms with Crippen molar-refractivity contribution >= 4 is 5.97 Å². The zero-order chi connectivity index (χ0) is 13.1. The van der Waals surface area contributed by atoms with Crippen molar-refractivity contribution in [2.24, 2.45) is 0 Å². The summed E-state index contributed by atoms with van der Waals surface area (Å²) >= 11 is 0. The number of alkyl halides is 6. The van der Waals surface area contributed by atoms with Crippen LogP contribution in [0.2, 0.25) is 0 Å². The van der Waals surface area contributed by atoms with Crippen LogP contribution in [0.3, 0.4) is 0 Å². The van der Waals surface area contributed by atoms with E-state index in [-0.39, 0.29) is 0 Å². The van der Waals surface area contributed by atoms with E-state index in [1.54, 1.807) is 0 Å². The van der Waals surface area contributed by atoms with E-state index in [9.17, 15) is 35.5 Å². The molecule has 0 saturated carbocycles. The lowest BCUT2D eigenvalue weighted by molar-refractivity contribution is -0.312. The van der Waals surface area contributed by atoms with Crippen LogP contribution in [0.15, 0.2) is 11.9 Å². The fraction of sp³-hybridized carbons (Fsp3) is 0.571. The number of carbonyl (C=O) groups excluding carboxylic acids is 1. The van der Waals surface area contributed by atoms with E-state index in [2.05, 4.69) is 4.74 Å². The molecule has 94 valence electrons. The summed E-state index contributed by atoms with van der Waals surface area (Å²) in [5, 5.41) is 0. The molecule has 0 N–H and O–H groups in total. The minimum atomic E-state index is -5.80. The Morgan fingerprint density at radius 2 is 1.50 bits per heavy atom. The van der Waals surface area contributed by atoms with Crippen LogP contribution in [0.5, 0.6) is 0 Å². The molecule has 0 rings (SSSR count). The second kappa shape index (κ2) is 4.71. The lowest BCUT2D eigenvalue weighted by Gasteiger charge is -2.22. The van der Waals surface area contributed by atoms with Crippen molar-refractivity contribution in [2.75, 3.05) is 0 Å². The molecule has 0 fully saturated rings. The van der Waals surface area contributed by atoms with Crippen LogP contribution >= 0.6 is 0 Å². The molecule has 0 atom stereocenters. The van der Waals surface area contributed by atoms with Crippen molar-refractivity contribution in [3.63, 3.8) is 0 Å². The first-order valence-electron chi connectivity index (χ1n) is 3.61. The highest BCUT2D eigenvalue weighted by Gasteiger charge is 2.59. The van der Waals surface area contributed by atoms with Gasteiger partial charge in [0.25, 0.3) is 6.10 Å². The van der Waals surface area contributed by atoms with E-state index in [4.69, 9.17) is 0 Å². The van der Waals surface area contributed by atoms with Gasteiger partial charge in [0.2, 0.25) is 0 Å². The molecule has 0 saturated heterocycles. The molecule has 0 aromatic heterocycles. The quantitative estimate of drug-likeness (QED) is 0.430. The van der Waals surface area contributed by atoms with E-state index < -0.39 is 36.3 Å². The predicted molar refractivity (Wildman–Crippen MR) is 36.9 cm³/mol. The average Bonchev–Trinajstić information content (AvgIpc) is 2.08. The largest absolute Gasteiger partial charge is 0.439 e. The first-order chi connectivity index (χ1) is 7.00. The van der Waals surface area contributed by atoms with Gasteiger partial charge in [-0.15, -0.1) is 0 Å². The van der Waals surface area contributed by atoms with Crippen LogP contribution in [-0.4, -0.2) is 24.4 Å². The Bertz CT molecular complexity index is 274.